The maximum Gasteiger partial charge on any atom is 0.338 e. The molecule has 0 aliphatic carbocycles. The Labute approximate surface area is 178 Å². The van der Waals surface area contributed by atoms with Crippen molar-refractivity contribution < 1.29 is 17.9 Å². The van der Waals surface area contributed by atoms with Crippen molar-refractivity contribution in [2.45, 2.75) is 18.0 Å². The molecule has 1 N–H and O–H groups in total. The quantitative estimate of drug-likeness (QED) is 0.439. The largest absolute Gasteiger partial charge is 0.457 e. The lowest BCUT2D eigenvalue weighted by Crippen LogP contribution is -2.23. The van der Waals surface area contributed by atoms with Crippen LogP contribution in [0.25, 0.3) is 10.9 Å². The monoisotopic (exact) mass is 438 g/mol. The molecule has 152 valence electrons. The third-order valence-corrected chi connectivity index (χ3v) is 6.75. The van der Waals surface area contributed by atoms with Gasteiger partial charge >= 0.3 is 5.97 Å². The van der Waals surface area contributed by atoms with Gasteiger partial charge in [0.25, 0.3) is 0 Å². The number of ether oxygens (including phenoxy) is 1. The number of thiophene rings is 1. The summed E-state index contributed by atoms with van der Waals surface area (Å²) < 4.78 is 33.1. The first kappa shape index (κ1) is 20.2. The fraction of sp³-hybridized carbons (Fsp3) is 0.0909. The number of para-hydroxylation sites is 1. The number of hydrogen-bond donors (Lipinski definition) is 1. The van der Waals surface area contributed by atoms with Gasteiger partial charge in [-0.3, -0.25) is 4.98 Å². The molecule has 6 nitrogen and oxygen atoms in total. The number of carbonyl (C=O) groups is 1. The molecule has 0 unspecified atom stereocenters. The first-order valence-corrected chi connectivity index (χ1v) is 11.5. The third-order valence-electron chi connectivity index (χ3n) is 4.47. The van der Waals surface area contributed by atoms with Gasteiger partial charge < -0.3 is 4.74 Å². The molecule has 2 aromatic heterocycles. The molecule has 0 bridgehead atoms. The zero-order chi connectivity index (χ0) is 21.0. The highest BCUT2D eigenvalue weighted by molar-refractivity contribution is 7.89. The molecule has 4 rings (SSSR count). The van der Waals surface area contributed by atoms with Gasteiger partial charge in [-0.2, -0.15) is 0 Å². The second-order valence-electron chi connectivity index (χ2n) is 6.50. The van der Waals surface area contributed by atoms with E-state index in [1.807, 2.05) is 47.8 Å². The minimum Gasteiger partial charge on any atom is -0.457 e. The fourth-order valence-corrected chi connectivity index (χ4v) is 4.75. The van der Waals surface area contributed by atoms with Crippen molar-refractivity contribution >= 4 is 38.2 Å². The van der Waals surface area contributed by atoms with Crippen LogP contribution in [0.1, 0.15) is 20.8 Å². The summed E-state index contributed by atoms with van der Waals surface area (Å²) in [7, 11) is -3.75. The number of hydrogen-bond acceptors (Lipinski definition) is 6. The molecular formula is C22H18N2O4S2. The summed E-state index contributed by atoms with van der Waals surface area (Å²) in [6, 6.07) is 19.0. The van der Waals surface area contributed by atoms with Crippen molar-refractivity contribution in [2.75, 3.05) is 0 Å². The Kier molecular flexibility index (Phi) is 5.89. The topological polar surface area (TPSA) is 85.4 Å². The van der Waals surface area contributed by atoms with Crippen molar-refractivity contribution in [3.63, 3.8) is 0 Å². The van der Waals surface area contributed by atoms with Crippen LogP contribution in [0.5, 0.6) is 0 Å². The van der Waals surface area contributed by atoms with E-state index < -0.39 is 16.0 Å². The number of sulfonamides is 1. The van der Waals surface area contributed by atoms with E-state index in [0.717, 1.165) is 21.3 Å². The van der Waals surface area contributed by atoms with E-state index in [4.69, 9.17) is 4.74 Å². The number of rotatable bonds is 7. The van der Waals surface area contributed by atoms with Crippen LogP contribution in [0, 0.1) is 0 Å². The summed E-state index contributed by atoms with van der Waals surface area (Å²) in [5, 5.41) is 2.84. The zero-order valence-corrected chi connectivity index (χ0v) is 17.4. The van der Waals surface area contributed by atoms with Gasteiger partial charge in [0.15, 0.2) is 0 Å². The van der Waals surface area contributed by atoms with Gasteiger partial charge in [-0.05, 0) is 35.7 Å². The number of aromatic nitrogens is 1. The average molecular weight is 439 g/mol. The van der Waals surface area contributed by atoms with E-state index in [1.54, 1.807) is 6.20 Å². The van der Waals surface area contributed by atoms with Crippen molar-refractivity contribution in [2.24, 2.45) is 0 Å². The van der Waals surface area contributed by atoms with Crippen LogP contribution in [0.4, 0.5) is 0 Å². The maximum absolute atomic E-state index is 12.6. The Balaban J connectivity index is 1.47. The second-order valence-corrected chi connectivity index (χ2v) is 9.30. The highest BCUT2D eigenvalue weighted by Crippen LogP contribution is 2.18. The van der Waals surface area contributed by atoms with Gasteiger partial charge in [-0.25, -0.2) is 17.9 Å². The number of carbonyl (C=O) groups excluding carboxylic acids is 1. The fourth-order valence-electron chi connectivity index (χ4n) is 2.96. The van der Waals surface area contributed by atoms with Crippen LogP contribution in [0.2, 0.25) is 0 Å². The highest BCUT2D eigenvalue weighted by atomic mass is 32.2. The van der Waals surface area contributed by atoms with Crippen molar-refractivity contribution in [1.82, 2.24) is 9.71 Å². The standard InChI is InChI=1S/C22H18N2O4S2/c25-22(28-15-18-7-1-5-16-8-3-11-23-21(16)18)17-6-2-10-20(13-17)30(26,27)24-14-19-9-4-12-29-19/h1-13,24H,14-15H2. The summed E-state index contributed by atoms with van der Waals surface area (Å²) >= 11 is 1.47. The summed E-state index contributed by atoms with van der Waals surface area (Å²) in [4.78, 5) is 17.8. The van der Waals surface area contributed by atoms with Crippen LogP contribution >= 0.6 is 11.3 Å². The Morgan fingerprint density at radius 3 is 2.70 bits per heavy atom. The van der Waals surface area contributed by atoms with Crippen molar-refractivity contribution in [1.29, 1.82) is 0 Å². The molecule has 0 atom stereocenters. The van der Waals surface area contributed by atoms with E-state index in [0.29, 0.717) is 0 Å². The molecule has 30 heavy (non-hydrogen) atoms. The molecule has 0 saturated carbocycles. The predicted molar refractivity (Wildman–Crippen MR) is 116 cm³/mol. The molecule has 0 aliphatic heterocycles. The smallest absolute Gasteiger partial charge is 0.338 e. The molecule has 0 amide bonds. The lowest BCUT2D eigenvalue weighted by Gasteiger charge is -2.09. The summed E-state index contributed by atoms with van der Waals surface area (Å²) in [6.07, 6.45) is 1.69. The predicted octanol–water partition coefficient (Wildman–Crippen LogP) is 4.13. The van der Waals surface area contributed by atoms with Gasteiger partial charge in [0.1, 0.15) is 6.61 Å². The summed E-state index contributed by atoms with van der Waals surface area (Å²) in [5.41, 5.74) is 1.71. The molecule has 8 heteroatoms. The molecule has 0 aliphatic rings. The van der Waals surface area contributed by atoms with Crippen LogP contribution in [0.3, 0.4) is 0 Å². The van der Waals surface area contributed by atoms with Crippen molar-refractivity contribution in [3.05, 3.63) is 94.3 Å². The molecule has 0 radical (unpaired) electrons. The third kappa shape index (κ3) is 4.56. The number of nitrogens with zero attached hydrogens (tertiary/aromatic N) is 1. The number of benzene rings is 2. The molecule has 0 saturated heterocycles. The van der Waals surface area contributed by atoms with E-state index >= 15 is 0 Å². The molecule has 2 heterocycles. The van der Waals surface area contributed by atoms with Gasteiger partial charge in [0.2, 0.25) is 10.0 Å². The van der Waals surface area contributed by atoms with E-state index in [2.05, 4.69) is 9.71 Å². The average Bonchev–Trinajstić information content (AvgIpc) is 3.30. The Bertz CT molecular complexity index is 1280. The second kappa shape index (κ2) is 8.74. The lowest BCUT2D eigenvalue weighted by molar-refractivity contribution is 0.0474. The number of fused-ring (bicyclic) bond motifs is 1. The maximum atomic E-state index is 12.6. The zero-order valence-electron chi connectivity index (χ0n) is 15.8. The first-order chi connectivity index (χ1) is 14.5. The van der Waals surface area contributed by atoms with Crippen LogP contribution in [0.15, 0.2) is 83.2 Å². The van der Waals surface area contributed by atoms with Crippen LogP contribution in [-0.4, -0.2) is 19.4 Å². The summed E-state index contributed by atoms with van der Waals surface area (Å²) in [6.45, 7) is 0.240. The van der Waals surface area contributed by atoms with Crippen molar-refractivity contribution in [3.8, 4) is 0 Å². The van der Waals surface area contributed by atoms with E-state index in [9.17, 15) is 13.2 Å². The summed E-state index contributed by atoms with van der Waals surface area (Å²) in [5.74, 6) is -0.599. The number of nitrogens with one attached hydrogen (secondary N) is 1. The Morgan fingerprint density at radius 1 is 1.03 bits per heavy atom. The molecule has 0 spiro atoms. The normalized spacial score (nSPS) is 11.5. The SMILES string of the molecule is O=C(OCc1cccc2cccnc12)c1cccc(S(=O)(=O)NCc2cccs2)c1. The van der Waals surface area contributed by atoms with Gasteiger partial charge in [-0.1, -0.05) is 36.4 Å². The molecule has 0 fully saturated rings. The minimum atomic E-state index is -3.75. The van der Waals surface area contributed by atoms with Crippen LogP contribution < -0.4 is 4.72 Å². The van der Waals surface area contributed by atoms with Crippen LogP contribution in [-0.2, 0) is 27.9 Å². The molecular weight excluding hydrogens is 420 g/mol. The van der Waals surface area contributed by atoms with Gasteiger partial charge in [0, 0.05) is 28.6 Å². The van der Waals surface area contributed by atoms with Gasteiger partial charge in [-0.15, -0.1) is 11.3 Å². The first-order valence-electron chi connectivity index (χ1n) is 9.15. The highest BCUT2D eigenvalue weighted by Gasteiger charge is 2.17. The Hall–Kier alpha value is -3.07. The van der Waals surface area contributed by atoms with E-state index in [-0.39, 0.29) is 23.6 Å². The molecule has 4 aromatic rings. The Morgan fingerprint density at radius 2 is 1.87 bits per heavy atom. The van der Waals surface area contributed by atoms with E-state index in [1.165, 1.54) is 35.6 Å². The number of pyridine rings is 1. The minimum absolute atomic E-state index is 0.0142. The lowest BCUT2D eigenvalue weighted by atomic mass is 10.1. The van der Waals surface area contributed by atoms with Gasteiger partial charge in [0.05, 0.1) is 16.0 Å². The molecule has 2 aromatic carbocycles. The number of esters is 1.